The summed E-state index contributed by atoms with van der Waals surface area (Å²) < 4.78 is 25.8. The van der Waals surface area contributed by atoms with Gasteiger partial charge >= 0.3 is 0 Å². The van der Waals surface area contributed by atoms with Gasteiger partial charge in [0.25, 0.3) is 0 Å². The third kappa shape index (κ3) is 3.91. The molecule has 2 heterocycles. The Balaban J connectivity index is 1.82. The summed E-state index contributed by atoms with van der Waals surface area (Å²) >= 11 is 1.61. The minimum Gasteiger partial charge on any atom is -0.284 e. The highest BCUT2D eigenvalue weighted by atomic mass is 32.2. The highest BCUT2D eigenvalue weighted by Gasteiger charge is 2.31. The summed E-state index contributed by atoms with van der Waals surface area (Å²) in [5, 5.41) is 7.99. The third-order valence-corrected chi connectivity index (χ3v) is 6.26. The number of rotatable bonds is 5. The number of thiophene rings is 1. The predicted molar refractivity (Wildman–Crippen MR) is 100 cm³/mol. The summed E-state index contributed by atoms with van der Waals surface area (Å²) in [7, 11) is -3.29. The van der Waals surface area contributed by atoms with Gasteiger partial charge in [0.1, 0.15) is 0 Å². The highest BCUT2D eigenvalue weighted by molar-refractivity contribution is 7.92. The molecule has 1 aromatic heterocycles. The first kappa shape index (κ1) is 17.6. The van der Waals surface area contributed by atoms with Crippen molar-refractivity contribution in [1.82, 2.24) is 5.01 Å². The van der Waals surface area contributed by atoms with E-state index < -0.39 is 10.0 Å². The van der Waals surface area contributed by atoms with Gasteiger partial charge < -0.3 is 0 Å². The van der Waals surface area contributed by atoms with Gasteiger partial charge in [-0.2, -0.15) is 5.10 Å². The molecule has 0 unspecified atom stereocenters. The number of carbonyl (C=O) groups is 1. The standard InChI is InChI=1S/C17H19N3O3S2/c1-3-25(22,23)19-14-8-6-13(7-9-14)15-11-16(17-5-4-10-24-17)20(18-15)12(2)21/h4-10,16,19H,3,11H2,1-2H3/t16-/m0/s1. The molecule has 1 N–H and O–H groups in total. The van der Waals surface area contributed by atoms with Crippen LogP contribution in [0.2, 0.25) is 0 Å². The molecule has 6 nitrogen and oxygen atoms in total. The molecule has 0 bridgehead atoms. The summed E-state index contributed by atoms with van der Waals surface area (Å²) in [6.45, 7) is 3.10. The van der Waals surface area contributed by atoms with Crippen LogP contribution in [0.15, 0.2) is 46.9 Å². The Morgan fingerprint density at radius 2 is 2.04 bits per heavy atom. The van der Waals surface area contributed by atoms with Gasteiger partial charge in [0.2, 0.25) is 15.9 Å². The van der Waals surface area contributed by atoms with Crippen molar-refractivity contribution in [1.29, 1.82) is 0 Å². The Labute approximate surface area is 151 Å². The molecule has 1 amide bonds. The van der Waals surface area contributed by atoms with Crippen molar-refractivity contribution in [2.75, 3.05) is 10.5 Å². The summed E-state index contributed by atoms with van der Waals surface area (Å²) in [6, 6.07) is 11.0. The second-order valence-corrected chi connectivity index (χ2v) is 8.72. The first-order valence-electron chi connectivity index (χ1n) is 7.91. The molecule has 0 fully saturated rings. The lowest BCUT2D eigenvalue weighted by atomic mass is 10.0. The molecule has 1 aliphatic heterocycles. The van der Waals surface area contributed by atoms with Crippen LogP contribution in [0.25, 0.3) is 0 Å². The fraction of sp³-hybridized carbons (Fsp3) is 0.294. The first-order chi connectivity index (χ1) is 11.9. The van der Waals surface area contributed by atoms with Crippen LogP contribution >= 0.6 is 11.3 Å². The lowest BCUT2D eigenvalue weighted by molar-refractivity contribution is -0.130. The number of benzene rings is 1. The molecule has 2 aromatic rings. The summed E-state index contributed by atoms with van der Waals surface area (Å²) in [5.41, 5.74) is 2.21. The van der Waals surface area contributed by atoms with E-state index in [-0.39, 0.29) is 17.7 Å². The fourth-order valence-electron chi connectivity index (χ4n) is 2.66. The molecule has 8 heteroatoms. The molecule has 0 saturated carbocycles. The number of hydrogen-bond donors (Lipinski definition) is 1. The number of anilines is 1. The zero-order valence-corrected chi connectivity index (χ0v) is 15.6. The maximum absolute atomic E-state index is 11.9. The number of nitrogens with one attached hydrogen (secondary N) is 1. The van der Waals surface area contributed by atoms with Crippen molar-refractivity contribution in [2.24, 2.45) is 5.10 Å². The monoisotopic (exact) mass is 377 g/mol. The zero-order chi connectivity index (χ0) is 18.0. The van der Waals surface area contributed by atoms with Crippen molar-refractivity contribution < 1.29 is 13.2 Å². The fourth-order valence-corrected chi connectivity index (χ4v) is 4.11. The van der Waals surface area contributed by atoms with Crippen molar-refractivity contribution in [3.05, 3.63) is 52.2 Å². The van der Waals surface area contributed by atoms with Crippen LogP contribution in [0.3, 0.4) is 0 Å². The topological polar surface area (TPSA) is 78.8 Å². The highest BCUT2D eigenvalue weighted by Crippen LogP contribution is 2.35. The lowest BCUT2D eigenvalue weighted by Crippen LogP contribution is -2.23. The molecule has 0 saturated heterocycles. The largest absolute Gasteiger partial charge is 0.284 e. The van der Waals surface area contributed by atoms with Crippen LogP contribution in [0, 0.1) is 0 Å². The second-order valence-electron chi connectivity index (χ2n) is 5.73. The van der Waals surface area contributed by atoms with Crippen LogP contribution in [-0.2, 0) is 14.8 Å². The molecular weight excluding hydrogens is 358 g/mol. The van der Waals surface area contributed by atoms with Crippen LogP contribution < -0.4 is 4.72 Å². The van der Waals surface area contributed by atoms with Crippen LogP contribution in [-0.4, -0.2) is 30.8 Å². The third-order valence-electron chi connectivity index (χ3n) is 3.98. The SMILES string of the molecule is CCS(=O)(=O)Nc1ccc(C2=NN(C(C)=O)[C@H](c3cccs3)C2)cc1. The molecule has 132 valence electrons. The summed E-state index contributed by atoms with van der Waals surface area (Å²) in [4.78, 5) is 13.0. The van der Waals surface area contributed by atoms with Crippen molar-refractivity contribution in [2.45, 2.75) is 26.3 Å². The number of nitrogens with zero attached hydrogens (tertiary/aromatic N) is 2. The Bertz CT molecular complexity index is 888. The number of sulfonamides is 1. The second kappa shape index (κ2) is 6.97. The van der Waals surface area contributed by atoms with Crippen molar-refractivity contribution >= 4 is 38.7 Å². The van der Waals surface area contributed by atoms with E-state index in [0.29, 0.717) is 12.1 Å². The van der Waals surface area contributed by atoms with E-state index in [9.17, 15) is 13.2 Å². The molecule has 1 aromatic carbocycles. The van der Waals surface area contributed by atoms with Crippen LogP contribution in [0.1, 0.15) is 36.8 Å². The van der Waals surface area contributed by atoms with Gasteiger partial charge in [-0.05, 0) is 36.1 Å². The summed E-state index contributed by atoms with van der Waals surface area (Å²) in [5.74, 6) is -0.0712. The van der Waals surface area contributed by atoms with Gasteiger partial charge in [-0.15, -0.1) is 11.3 Å². The first-order valence-corrected chi connectivity index (χ1v) is 10.4. The van der Waals surface area contributed by atoms with Crippen LogP contribution in [0.4, 0.5) is 5.69 Å². The molecule has 25 heavy (non-hydrogen) atoms. The normalized spacial score (nSPS) is 17.4. The number of amides is 1. The van der Waals surface area contributed by atoms with E-state index >= 15 is 0 Å². The van der Waals surface area contributed by atoms with Gasteiger partial charge in [-0.3, -0.25) is 9.52 Å². The van der Waals surface area contributed by atoms with Crippen LogP contribution in [0.5, 0.6) is 0 Å². The Morgan fingerprint density at radius 3 is 2.60 bits per heavy atom. The van der Waals surface area contributed by atoms with Gasteiger partial charge in [-0.25, -0.2) is 13.4 Å². The van der Waals surface area contributed by atoms with E-state index in [1.54, 1.807) is 30.4 Å². The van der Waals surface area contributed by atoms with Crippen molar-refractivity contribution in [3.63, 3.8) is 0 Å². The van der Waals surface area contributed by atoms with E-state index in [2.05, 4.69) is 9.82 Å². The molecular formula is C17H19N3O3S2. The Kier molecular flexibility index (Phi) is 4.91. The predicted octanol–water partition coefficient (Wildman–Crippen LogP) is 3.21. The molecule has 1 atom stereocenters. The van der Waals surface area contributed by atoms with Gasteiger partial charge in [-0.1, -0.05) is 18.2 Å². The van der Waals surface area contributed by atoms with E-state index in [0.717, 1.165) is 16.2 Å². The smallest absolute Gasteiger partial charge is 0.240 e. The average Bonchev–Trinajstić information content (AvgIpc) is 3.24. The summed E-state index contributed by atoms with van der Waals surface area (Å²) in [6.07, 6.45) is 0.639. The lowest BCUT2D eigenvalue weighted by Gasteiger charge is -2.18. The Hall–Kier alpha value is -2.19. The van der Waals surface area contributed by atoms with Gasteiger partial charge in [0.05, 0.1) is 17.5 Å². The van der Waals surface area contributed by atoms with Crippen molar-refractivity contribution in [3.8, 4) is 0 Å². The molecule has 1 aliphatic rings. The number of carbonyl (C=O) groups excluding carboxylic acids is 1. The number of hydrazone groups is 1. The molecule has 3 rings (SSSR count). The maximum atomic E-state index is 11.9. The van der Waals surface area contributed by atoms with E-state index in [4.69, 9.17) is 0 Å². The quantitative estimate of drug-likeness (QED) is 0.869. The average molecular weight is 377 g/mol. The van der Waals surface area contributed by atoms with Gasteiger partial charge in [0.15, 0.2) is 0 Å². The minimum absolute atomic E-state index is 0.0253. The Morgan fingerprint density at radius 1 is 1.32 bits per heavy atom. The molecule has 0 radical (unpaired) electrons. The number of hydrogen-bond acceptors (Lipinski definition) is 5. The molecule has 0 spiro atoms. The van der Waals surface area contributed by atoms with Gasteiger partial charge in [0, 0.05) is 23.9 Å². The van der Waals surface area contributed by atoms with E-state index in [1.165, 1.54) is 11.9 Å². The maximum Gasteiger partial charge on any atom is 0.240 e. The zero-order valence-electron chi connectivity index (χ0n) is 14.0. The molecule has 0 aliphatic carbocycles. The van der Waals surface area contributed by atoms with E-state index in [1.807, 2.05) is 29.6 Å². The minimum atomic E-state index is -3.29.